The van der Waals surface area contributed by atoms with Gasteiger partial charge in [-0.1, -0.05) is 25.1 Å². The van der Waals surface area contributed by atoms with Crippen LogP contribution in [0.1, 0.15) is 30.6 Å². The molecule has 0 bridgehead atoms. The summed E-state index contributed by atoms with van der Waals surface area (Å²) >= 11 is 1.20. The molecule has 0 spiro atoms. The van der Waals surface area contributed by atoms with E-state index in [-0.39, 0.29) is 12.5 Å². The summed E-state index contributed by atoms with van der Waals surface area (Å²) in [6.45, 7) is 1.99. The summed E-state index contributed by atoms with van der Waals surface area (Å²) in [5.41, 5.74) is 1.67. The minimum Gasteiger partial charge on any atom is -0.378 e. The van der Waals surface area contributed by atoms with Gasteiger partial charge in [0.05, 0.1) is 0 Å². The molecule has 1 aromatic heterocycles. The minimum absolute atomic E-state index is 0.0698. The Morgan fingerprint density at radius 2 is 1.88 bits per heavy atom. The summed E-state index contributed by atoms with van der Waals surface area (Å²) in [4.78, 5) is 13.8. The van der Waals surface area contributed by atoms with Crippen LogP contribution in [0.3, 0.4) is 0 Å². The molecule has 0 aliphatic carbocycles. The van der Waals surface area contributed by atoms with E-state index in [1.807, 2.05) is 50.2 Å². The number of hydrogen-bond donors (Lipinski definition) is 1. The first kappa shape index (κ1) is 19.5. The van der Waals surface area contributed by atoms with E-state index >= 15 is 0 Å². The van der Waals surface area contributed by atoms with Gasteiger partial charge in [0.25, 0.3) is 0 Å². The molecule has 2 rings (SSSR count). The van der Waals surface area contributed by atoms with Crippen molar-refractivity contribution in [1.29, 1.82) is 0 Å². The van der Waals surface area contributed by atoms with Crippen LogP contribution in [-0.4, -0.2) is 35.0 Å². The van der Waals surface area contributed by atoms with Crippen LogP contribution < -0.4 is 10.2 Å². The van der Waals surface area contributed by atoms with Gasteiger partial charge in [0.2, 0.25) is 5.91 Å². The lowest BCUT2D eigenvalue weighted by Crippen LogP contribution is -2.31. The molecule has 5 nitrogen and oxygen atoms in total. The van der Waals surface area contributed by atoms with Gasteiger partial charge < -0.3 is 10.2 Å². The van der Waals surface area contributed by atoms with E-state index in [9.17, 15) is 13.2 Å². The second-order valence-corrected chi connectivity index (χ2v) is 9.31. The number of rotatable bonds is 8. The third-order valence-corrected chi connectivity index (χ3v) is 7.43. The number of benzene rings is 1. The van der Waals surface area contributed by atoms with Crippen LogP contribution in [0.2, 0.25) is 0 Å². The number of nitrogens with zero attached hydrogens (tertiary/aromatic N) is 1. The van der Waals surface area contributed by atoms with E-state index in [1.165, 1.54) is 11.3 Å². The quantitative estimate of drug-likeness (QED) is 0.763. The highest BCUT2D eigenvalue weighted by atomic mass is 32.2. The van der Waals surface area contributed by atoms with Crippen molar-refractivity contribution in [3.8, 4) is 0 Å². The van der Waals surface area contributed by atoms with Gasteiger partial charge in [-0.15, -0.1) is 11.3 Å². The van der Waals surface area contributed by atoms with Crippen molar-refractivity contribution in [2.45, 2.75) is 29.2 Å². The predicted octanol–water partition coefficient (Wildman–Crippen LogP) is 3.25. The van der Waals surface area contributed by atoms with Gasteiger partial charge in [-0.05, 0) is 35.6 Å². The van der Waals surface area contributed by atoms with Crippen molar-refractivity contribution >= 4 is 32.8 Å². The molecule has 136 valence electrons. The van der Waals surface area contributed by atoms with Gasteiger partial charge >= 0.3 is 0 Å². The molecular formula is C18H24N2O3S2. The molecule has 0 unspecified atom stereocenters. The Balaban J connectivity index is 2.33. The summed E-state index contributed by atoms with van der Waals surface area (Å²) < 4.78 is 26.4. The van der Waals surface area contributed by atoms with Crippen molar-refractivity contribution in [1.82, 2.24) is 5.32 Å². The number of carbonyl (C=O) groups excluding carboxylic acids is 1. The summed E-state index contributed by atoms with van der Waals surface area (Å²) in [5.74, 6) is -0.126. The molecule has 0 aliphatic heterocycles. The topological polar surface area (TPSA) is 66.5 Å². The van der Waals surface area contributed by atoms with Gasteiger partial charge in [0, 0.05) is 32.7 Å². The van der Waals surface area contributed by atoms with Crippen molar-refractivity contribution in [3.05, 3.63) is 47.3 Å². The number of anilines is 1. The molecule has 1 amide bonds. The Hall–Kier alpha value is -1.86. The van der Waals surface area contributed by atoms with Crippen LogP contribution >= 0.6 is 11.3 Å². The molecule has 25 heavy (non-hydrogen) atoms. The van der Waals surface area contributed by atoms with E-state index in [2.05, 4.69) is 5.32 Å². The molecule has 2 aromatic rings. The fourth-order valence-electron chi connectivity index (χ4n) is 2.48. The number of amides is 1. The molecule has 7 heteroatoms. The average molecular weight is 381 g/mol. The van der Waals surface area contributed by atoms with Gasteiger partial charge in [0.15, 0.2) is 9.84 Å². The average Bonchev–Trinajstić information content (AvgIpc) is 3.11. The zero-order valence-electron chi connectivity index (χ0n) is 14.7. The van der Waals surface area contributed by atoms with Crippen LogP contribution in [-0.2, 0) is 14.6 Å². The summed E-state index contributed by atoms with van der Waals surface area (Å²) in [6, 6.07) is 10.7. The molecule has 1 heterocycles. The van der Waals surface area contributed by atoms with Crippen molar-refractivity contribution in [2.24, 2.45) is 0 Å². The molecule has 0 fully saturated rings. The summed E-state index contributed by atoms with van der Waals surface area (Å²) in [5, 5.41) is 3.71. The predicted molar refractivity (Wildman–Crippen MR) is 103 cm³/mol. The van der Waals surface area contributed by atoms with E-state index in [4.69, 9.17) is 0 Å². The van der Waals surface area contributed by atoms with Gasteiger partial charge in [-0.2, -0.15) is 0 Å². The van der Waals surface area contributed by atoms with Crippen LogP contribution in [0.5, 0.6) is 0 Å². The lowest BCUT2D eigenvalue weighted by atomic mass is 10.1. The van der Waals surface area contributed by atoms with E-state index < -0.39 is 15.1 Å². The second-order valence-electron chi connectivity index (χ2n) is 6.01. The van der Waals surface area contributed by atoms with Crippen LogP contribution in [0.4, 0.5) is 5.69 Å². The Bertz CT molecular complexity index is 782. The van der Waals surface area contributed by atoms with Crippen LogP contribution in [0.15, 0.2) is 46.0 Å². The smallest absolute Gasteiger partial charge is 0.220 e. The maximum atomic E-state index is 13.0. The van der Waals surface area contributed by atoms with E-state index in [1.54, 1.807) is 17.5 Å². The Labute approximate surface area is 153 Å². The van der Waals surface area contributed by atoms with Gasteiger partial charge in [0.1, 0.15) is 9.46 Å². The maximum absolute atomic E-state index is 13.0. The van der Waals surface area contributed by atoms with Crippen molar-refractivity contribution < 1.29 is 13.2 Å². The van der Waals surface area contributed by atoms with Gasteiger partial charge in [-0.3, -0.25) is 4.79 Å². The highest BCUT2D eigenvalue weighted by Crippen LogP contribution is 2.32. The number of sulfone groups is 1. The molecule has 0 saturated heterocycles. The highest BCUT2D eigenvalue weighted by molar-refractivity contribution is 7.93. The Morgan fingerprint density at radius 3 is 2.40 bits per heavy atom. The first-order chi connectivity index (χ1) is 11.9. The maximum Gasteiger partial charge on any atom is 0.220 e. The number of carbonyl (C=O) groups is 1. The molecule has 1 N–H and O–H groups in total. The first-order valence-electron chi connectivity index (χ1n) is 8.17. The van der Waals surface area contributed by atoms with Crippen molar-refractivity contribution in [2.75, 3.05) is 25.5 Å². The van der Waals surface area contributed by atoms with Crippen LogP contribution in [0, 0.1) is 0 Å². The SMILES string of the molecule is CCCC(=O)NC[C@H](c1ccc(N(C)C)cc1)S(=O)(=O)c1cccs1. The molecule has 0 radical (unpaired) electrons. The summed E-state index contributed by atoms with van der Waals surface area (Å²) in [6.07, 6.45) is 1.12. The van der Waals surface area contributed by atoms with Crippen LogP contribution in [0.25, 0.3) is 0 Å². The largest absolute Gasteiger partial charge is 0.378 e. The molecule has 1 atom stereocenters. The lowest BCUT2D eigenvalue weighted by Gasteiger charge is -2.19. The fraction of sp³-hybridized carbons (Fsp3) is 0.389. The zero-order valence-corrected chi connectivity index (χ0v) is 16.4. The molecule has 1 aromatic carbocycles. The highest BCUT2D eigenvalue weighted by Gasteiger charge is 2.30. The third-order valence-electron chi connectivity index (χ3n) is 3.89. The molecular weight excluding hydrogens is 356 g/mol. The van der Waals surface area contributed by atoms with Gasteiger partial charge in [-0.25, -0.2) is 8.42 Å². The number of thiophene rings is 1. The number of nitrogens with one attached hydrogen (secondary N) is 1. The van der Waals surface area contributed by atoms with E-state index in [0.717, 1.165) is 12.1 Å². The second kappa shape index (κ2) is 8.49. The number of hydrogen-bond acceptors (Lipinski definition) is 5. The summed E-state index contributed by atoms with van der Waals surface area (Å²) in [7, 11) is 0.297. The van der Waals surface area contributed by atoms with Crippen molar-refractivity contribution in [3.63, 3.8) is 0 Å². The third kappa shape index (κ3) is 4.83. The molecule has 0 saturated carbocycles. The standard InChI is InChI=1S/C18H24N2O3S2/c1-4-6-17(21)19-13-16(25(22,23)18-7-5-12-24-18)14-8-10-15(11-9-14)20(2)3/h5,7-12,16H,4,6,13H2,1-3H3,(H,19,21)/t16-/m1/s1. The molecule has 0 aliphatic rings. The Morgan fingerprint density at radius 1 is 1.20 bits per heavy atom. The monoisotopic (exact) mass is 380 g/mol. The normalized spacial score (nSPS) is 12.6. The lowest BCUT2D eigenvalue weighted by molar-refractivity contribution is -0.121. The fourth-order valence-corrected chi connectivity index (χ4v) is 5.35. The Kier molecular flexibility index (Phi) is 6.61. The zero-order chi connectivity index (χ0) is 18.4. The minimum atomic E-state index is -3.56. The first-order valence-corrected chi connectivity index (χ1v) is 10.6. The van der Waals surface area contributed by atoms with E-state index in [0.29, 0.717) is 16.2 Å².